The van der Waals surface area contributed by atoms with Gasteiger partial charge in [0.1, 0.15) is 11.3 Å². The molecule has 0 aliphatic heterocycles. The summed E-state index contributed by atoms with van der Waals surface area (Å²) in [4.78, 5) is 24.2. The lowest BCUT2D eigenvalue weighted by Crippen LogP contribution is -2.30. The number of hydrogen-bond acceptors (Lipinski definition) is 4. The van der Waals surface area contributed by atoms with Crippen LogP contribution >= 0.6 is 0 Å². The first kappa shape index (κ1) is 16.5. The van der Waals surface area contributed by atoms with E-state index >= 15 is 0 Å². The predicted octanol–water partition coefficient (Wildman–Crippen LogP) is 3.19. The highest BCUT2D eigenvalue weighted by atomic mass is 16.5. The van der Waals surface area contributed by atoms with Gasteiger partial charge in [0.2, 0.25) is 0 Å². The topological polar surface area (TPSA) is 75.6 Å². The van der Waals surface area contributed by atoms with Crippen LogP contribution in [0.15, 0.2) is 42.5 Å². The molecule has 0 spiro atoms. The molecule has 120 valence electrons. The molecule has 0 aliphatic carbocycles. The van der Waals surface area contributed by atoms with E-state index in [1.165, 1.54) is 19.1 Å². The normalized spacial score (nSPS) is 11.6. The van der Waals surface area contributed by atoms with E-state index in [0.29, 0.717) is 5.69 Å². The van der Waals surface area contributed by atoms with E-state index in [-0.39, 0.29) is 11.3 Å². The summed E-state index contributed by atoms with van der Waals surface area (Å²) in [5.41, 5.74) is 2.59. The molecule has 0 fully saturated rings. The number of aromatic hydroxyl groups is 1. The fourth-order valence-electron chi connectivity index (χ4n) is 2.16. The molecule has 2 rings (SSSR count). The van der Waals surface area contributed by atoms with Crippen LogP contribution in [0.5, 0.6) is 5.75 Å². The average molecular weight is 313 g/mol. The summed E-state index contributed by atoms with van der Waals surface area (Å²) in [7, 11) is 0. The molecular weight excluding hydrogens is 294 g/mol. The Bertz CT molecular complexity index is 719. The number of ether oxygens (including phenoxy) is 1. The van der Waals surface area contributed by atoms with E-state index in [0.717, 1.165) is 11.1 Å². The molecule has 0 saturated carbocycles. The Morgan fingerprint density at radius 1 is 1.04 bits per heavy atom. The van der Waals surface area contributed by atoms with E-state index in [4.69, 9.17) is 4.74 Å². The lowest BCUT2D eigenvalue weighted by Gasteiger charge is -2.16. The third-order valence-corrected chi connectivity index (χ3v) is 3.51. The number of amides is 1. The molecule has 2 N–H and O–H groups in total. The molecule has 23 heavy (non-hydrogen) atoms. The first-order chi connectivity index (χ1) is 10.9. The molecule has 2 aromatic rings. The minimum absolute atomic E-state index is 0.0271. The Morgan fingerprint density at radius 2 is 1.65 bits per heavy atom. The lowest BCUT2D eigenvalue weighted by molar-refractivity contribution is -0.123. The summed E-state index contributed by atoms with van der Waals surface area (Å²) in [6.07, 6.45) is -0.985. The summed E-state index contributed by atoms with van der Waals surface area (Å²) in [6.45, 7) is 5.27. The first-order valence-electron chi connectivity index (χ1n) is 7.26. The lowest BCUT2D eigenvalue weighted by atomic mass is 10.1. The molecule has 1 atom stereocenters. The van der Waals surface area contributed by atoms with Crippen molar-refractivity contribution in [1.29, 1.82) is 0 Å². The van der Waals surface area contributed by atoms with Crippen LogP contribution in [-0.4, -0.2) is 23.1 Å². The van der Waals surface area contributed by atoms with Gasteiger partial charge in [0.25, 0.3) is 5.91 Å². The molecule has 0 aliphatic rings. The zero-order valence-corrected chi connectivity index (χ0v) is 13.3. The number of nitrogens with one attached hydrogen (secondary N) is 1. The number of carbonyl (C=O) groups excluding carboxylic acids is 2. The van der Waals surface area contributed by atoms with Gasteiger partial charge in [-0.15, -0.1) is 0 Å². The van der Waals surface area contributed by atoms with Gasteiger partial charge >= 0.3 is 5.97 Å². The minimum atomic E-state index is -0.985. The predicted molar refractivity (Wildman–Crippen MR) is 87.5 cm³/mol. The van der Waals surface area contributed by atoms with E-state index in [9.17, 15) is 14.7 Å². The quantitative estimate of drug-likeness (QED) is 0.850. The molecular formula is C18H19NO4. The molecule has 0 aromatic heterocycles. The molecule has 0 heterocycles. The number of rotatable bonds is 4. The molecule has 0 unspecified atom stereocenters. The van der Waals surface area contributed by atoms with Gasteiger partial charge in [-0.25, -0.2) is 4.79 Å². The summed E-state index contributed by atoms with van der Waals surface area (Å²) in [5, 5.41) is 12.4. The van der Waals surface area contributed by atoms with E-state index in [1.807, 2.05) is 32.0 Å². The Hall–Kier alpha value is -2.82. The van der Waals surface area contributed by atoms with Crippen LogP contribution in [0.4, 0.5) is 5.69 Å². The minimum Gasteiger partial charge on any atom is -0.507 e. The van der Waals surface area contributed by atoms with Crippen LogP contribution in [0, 0.1) is 13.8 Å². The maximum atomic E-state index is 12.2. The number of anilines is 1. The van der Waals surface area contributed by atoms with Gasteiger partial charge in [0, 0.05) is 5.69 Å². The third-order valence-electron chi connectivity index (χ3n) is 3.51. The number of para-hydroxylation sites is 2. The van der Waals surface area contributed by atoms with Gasteiger partial charge < -0.3 is 15.2 Å². The van der Waals surface area contributed by atoms with Crippen molar-refractivity contribution in [3.05, 3.63) is 59.2 Å². The second kappa shape index (κ2) is 6.96. The molecule has 5 nitrogen and oxygen atoms in total. The van der Waals surface area contributed by atoms with Gasteiger partial charge in [0.05, 0.1) is 0 Å². The van der Waals surface area contributed by atoms with Crippen LogP contribution in [0.2, 0.25) is 0 Å². The summed E-state index contributed by atoms with van der Waals surface area (Å²) >= 11 is 0. The van der Waals surface area contributed by atoms with Gasteiger partial charge in [-0.2, -0.15) is 0 Å². The van der Waals surface area contributed by atoms with Gasteiger partial charge in [-0.1, -0.05) is 30.3 Å². The third kappa shape index (κ3) is 3.88. The number of esters is 1. The van der Waals surface area contributed by atoms with Crippen LogP contribution < -0.4 is 5.32 Å². The van der Waals surface area contributed by atoms with Crippen molar-refractivity contribution in [3.63, 3.8) is 0 Å². The van der Waals surface area contributed by atoms with Crippen molar-refractivity contribution < 1.29 is 19.4 Å². The smallest absolute Gasteiger partial charge is 0.342 e. The molecule has 1 amide bonds. The van der Waals surface area contributed by atoms with Crippen LogP contribution in [-0.2, 0) is 9.53 Å². The van der Waals surface area contributed by atoms with E-state index < -0.39 is 18.0 Å². The van der Waals surface area contributed by atoms with Crippen molar-refractivity contribution in [1.82, 2.24) is 0 Å². The summed E-state index contributed by atoms with van der Waals surface area (Å²) in [5.74, 6) is -1.35. The van der Waals surface area contributed by atoms with Gasteiger partial charge in [-0.05, 0) is 44.0 Å². The van der Waals surface area contributed by atoms with Gasteiger partial charge in [-0.3, -0.25) is 4.79 Å². The Labute approximate surface area is 134 Å². The summed E-state index contributed by atoms with van der Waals surface area (Å²) < 4.78 is 5.12. The van der Waals surface area contributed by atoms with Crippen molar-refractivity contribution in [2.24, 2.45) is 0 Å². The highest BCUT2D eigenvalue weighted by Gasteiger charge is 2.21. The molecule has 5 heteroatoms. The molecule has 0 bridgehead atoms. The van der Waals surface area contributed by atoms with Gasteiger partial charge in [0.15, 0.2) is 6.10 Å². The van der Waals surface area contributed by atoms with E-state index in [2.05, 4.69) is 5.32 Å². The Kier molecular flexibility index (Phi) is 5.01. The largest absolute Gasteiger partial charge is 0.507 e. The van der Waals surface area contributed by atoms with Crippen LogP contribution in [0.1, 0.15) is 28.4 Å². The second-order valence-electron chi connectivity index (χ2n) is 5.32. The number of carbonyl (C=O) groups is 2. The Balaban J connectivity index is 2.06. The fraction of sp³-hybridized carbons (Fsp3) is 0.222. The first-order valence-corrected chi connectivity index (χ1v) is 7.26. The molecule has 0 saturated heterocycles. The Morgan fingerprint density at radius 3 is 2.26 bits per heavy atom. The van der Waals surface area contributed by atoms with Crippen molar-refractivity contribution in [2.45, 2.75) is 26.9 Å². The highest BCUT2D eigenvalue weighted by Crippen LogP contribution is 2.21. The molecule has 0 radical (unpaired) electrons. The number of phenols is 1. The maximum Gasteiger partial charge on any atom is 0.342 e. The SMILES string of the molecule is Cc1cccc(C)c1NC(=O)[C@H](C)OC(=O)c1ccccc1O. The fourth-order valence-corrected chi connectivity index (χ4v) is 2.16. The van der Waals surface area contributed by atoms with Crippen LogP contribution in [0.3, 0.4) is 0 Å². The van der Waals surface area contributed by atoms with E-state index in [1.54, 1.807) is 12.1 Å². The van der Waals surface area contributed by atoms with Crippen molar-refractivity contribution in [2.75, 3.05) is 5.32 Å². The second-order valence-corrected chi connectivity index (χ2v) is 5.32. The zero-order valence-electron chi connectivity index (χ0n) is 13.3. The number of hydrogen-bond donors (Lipinski definition) is 2. The monoisotopic (exact) mass is 313 g/mol. The average Bonchev–Trinajstić information content (AvgIpc) is 2.51. The van der Waals surface area contributed by atoms with Crippen molar-refractivity contribution >= 4 is 17.6 Å². The molecule has 2 aromatic carbocycles. The standard InChI is InChI=1S/C18H19NO4/c1-11-7-6-8-12(2)16(11)19-17(21)13(3)23-18(22)14-9-4-5-10-15(14)20/h4-10,13,20H,1-3H3,(H,19,21)/t13-/m0/s1. The van der Waals surface area contributed by atoms with Crippen LogP contribution in [0.25, 0.3) is 0 Å². The number of aryl methyl sites for hydroxylation is 2. The summed E-state index contributed by atoms with van der Waals surface area (Å²) in [6, 6.07) is 11.7. The van der Waals surface area contributed by atoms with Crippen molar-refractivity contribution in [3.8, 4) is 5.75 Å². The number of phenolic OH excluding ortho intramolecular Hbond substituents is 1. The maximum absolute atomic E-state index is 12.2. The number of benzene rings is 2. The zero-order chi connectivity index (χ0) is 17.0. The highest BCUT2D eigenvalue weighted by molar-refractivity contribution is 5.99.